The molecule has 0 aliphatic heterocycles. The van der Waals surface area contributed by atoms with E-state index in [1.807, 2.05) is 6.07 Å². The predicted molar refractivity (Wildman–Crippen MR) is 69.1 cm³/mol. The number of nitrogens with one attached hydrogen (secondary N) is 1. The van der Waals surface area contributed by atoms with Crippen molar-refractivity contribution >= 4 is 21.2 Å². The van der Waals surface area contributed by atoms with E-state index in [2.05, 4.69) is 15.0 Å². The molecular formula is C12H9N3O3S. The molecule has 3 aromatic rings. The fraction of sp³-hybridized carbons (Fsp3) is 0. The molecule has 0 saturated heterocycles. The Bertz CT molecular complexity index is 841. The molecule has 1 aromatic carbocycles. The van der Waals surface area contributed by atoms with Gasteiger partial charge in [0.05, 0.1) is 15.9 Å². The van der Waals surface area contributed by atoms with Gasteiger partial charge >= 0.3 is 0 Å². The van der Waals surface area contributed by atoms with Crippen molar-refractivity contribution in [2.45, 2.75) is 4.90 Å². The van der Waals surface area contributed by atoms with Crippen LogP contribution in [-0.2, 0) is 10.1 Å². The third kappa shape index (κ3) is 2.20. The molecule has 2 aromatic heterocycles. The van der Waals surface area contributed by atoms with Gasteiger partial charge in [-0.15, -0.1) is 0 Å². The first kappa shape index (κ1) is 11.8. The summed E-state index contributed by atoms with van der Waals surface area (Å²) in [6.07, 6.45) is 1.64. The van der Waals surface area contributed by atoms with E-state index in [-0.39, 0.29) is 4.90 Å². The summed E-state index contributed by atoms with van der Waals surface area (Å²) in [6, 6.07) is 9.59. The molecule has 0 saturated carbocycles. The number of rotatable bonds is 2. The Balaban J connectivity index is 2.17. The van der Waals surface area contributed by atoms with E-state index in [0.29, 0.717) is 22.6 Å². The molecule has 0 fully saturated rings. The van der Waals surface area contributed by atoms with Crippen LogP contribution in [0.2, 0.25) is 0 Å². The normalized spacial score (nSPS) is 11.8. The van der Waals surface area contributed by atoms with Gasteiger partial charge in [-0.25, -0.2) is 4.98 Å². The van der Waals surface area contributed by atoms with Crippen LogP contribution in [0.25, 0.3) is 22.6 Å². The molecule has 0 aliphatic carbocycles. The van der Waals surface area contributed by atoms with Gasteiger partial charge in [-0.1, -0.05) is 6.07 Å². The van der Waals surface area contributed by atoms with E-state index in [1.165, 1.54) is 18.2 Å². The number of imidazole rings is 1. The summed E-state index contributed by atoms with van der Waals surface area (Å²) in [4.78, 5) is 11.3. The third-order valence-electron chi connectivity index (χ3n) is 2.66. The Labute approximate surface area is 108 Å². The molecule has 0 radical (unpaired) electrons. The molecule has 0 amide bonds. The Kier molecular flexibility index (Phi) is 2.58. The van der Waals surface area contributed by atoms with E-state index >= 15 is 0 Å². The fourth-order valence-corrected chi connectivity index (χ4v) is 2.28. The first-order chi connectivity index (χ1) is 9.04. The van der Waals surface area contributed by atoms with E-state index in [9.17, 15) is 8.42 Å². The average molecular weight is 275 g/mol. The molecule has 2 heterocycles. The molecule has 96 valence electrons. The van der Waals surface area contributed by atoms with Gasteiger partial charge in [-0.3, -0.25) is 9.54 Å². The Morgan fingerprint density at radius 3 is 2.68 bits per heavy atom. The summed E-state index contributed by atoms with van der Waals surface area (Å²) < 4.78 is 31.1. The zero-order valence-electron chi connectivity index (χ0n) is 9.61. The minimum absolute atomic E-state index is 0.170. The lowest BCUT2D eigenvalue weighted by atomic mass is 10.3. The molecule has 6 nitrogen and oxygen atoms in total. The first-order valence-electron chi connectivity index (χ1n) is 5.43. The highest BCUT2D eigenvalue weighted by molar-refractivity contribution is 7.85. The predicted octanol–water partition coefficient (Wildman–Crippen LogP) is 1.87. The molecule has 0 aliphatic rings. The van der Waals surface area contributed by atoms with Gasteiger partial charge in [-0.2, -0.15) is 8.42 Å². The molecule has 0 bridgehead atoms. The lowest BCUT2D eigenvalue weighted by Gasteiger charge is -1.95. The maximum Gasteiger partial charge on any atom is 0.294 e. The van der Waals surface area contributed by atoms with Gasteiger partial charge in [0.15, 0.2) is 5.82 Å². The standard InChI is InChI=1S/C12H9N3O3S/c16-19(17,18)8-4-5-9-11(7-8)15-12(14-9)10-3-1-2-6-13-10/h1-7H,(H,14,15)(H,16,17,18). The van der Waals surface area contributed by atoms with Crippen LogP contribution in [0, 0.1) is 0 Å². The summed E-state index contributed by atoms with van der Waals surface area (Å²) in [5.74, 6) is 0.545. The Morgan fingerprint density at radius 2 is 2.00 bits per heavy atom. The number of aromatic nitrogens is 3. The molecule has 7 heteroatoms. The van der Waals surface area contributed by atoms with Gasteiger partial charge in [-0.05, 0) is 30.3 Å². The third-order valence-corrected chi connectivity index (χ3v) is 3.51. The second-order valence-corrected chi connectivity index (χ2v) is 5.38. The zero-order valence-corrected chi connectivity index (χ0v) is 10.4. The van der Waals surface area contributed by atoms with E-state index < -0.39 is 10.1 Å². The number of hydrogen-bond acceptors (Lipinski definition) is 4. The number of hydrogen-bond donors (Lipinski definition) is 2. The fourth-order valence-electron chi connectivity index (χ4n) is 1.77. The van der Waals surface area contributed by atoms with Gasteiger partial charge in [0.1, 0.15) is 5.69 Å². The molecule has 0 unspecified atom stereocenters. The molecule has 0 atom stereocenters. The highest BCUT2D eigenvalue weighted by Gasteiger charge is 2.12. The maximum atomic E-state index is 11.1. The summed E-state index contributed by atoms with van der Waals surface area (Å²) in [5.41, 5.74) is 1.79. The van der Waals surface area contributed by atoms with Gasteiger partial charge in [0.25, 0.3) is 10.1 Å². The number of pyridine rings is 1. The van der Waals surface area contributed by atoms with Crippen molar-refractivity contribution in [2.24, 2.45) is 0 Å². The average Bonchev–Trinajstić information content (AvgIpc) is 2.81. The number of nitrogens with zero attached hydrogens (tertiary/aromatic N) is 2. The van der Waals surface area contributed by atoms with Crippen LogP contribution < -0.4 is 0 Å². The van der Waals surface area contributed by atoms with Crippen molar-refractivity contribution in [3.05, 3.63) is 42.6 Å². The van der Waals surface area contributed by atoms with Crippen molar-refractivity contribution in [2.75, 3.05) is 0 Å². The Morgan fingerprint density at radius 1 is 1.16 bits per heavy atom. The molecule has 2 N–H and O–H groups in total. The summed E-state index contributed by atoms with van der Waals surface area (Å²) in [5, 5.41) is 0. The van der Waals surface area contributed by atoms with Gasteiger partial charge < -0.3 is 4.98 Å². The molecular weight excluding hydrogens is 266 g/mol. The minimum Gasteiger partial charge on any atom is -0.337 e. The zero-order chi connectivity index (χ0) is 13.5. The molecule has 19 heavy (non-hydrogen) atoms. The van der Waals surface area contributed by atoms with Crippen LogP contribution in [0.3, 0.4) is 0 Å². The molecule has 3 rings (SSSR count). The topological polar surface area (TPSA) is 95.9 Å². The lowest BCUT2D eigenvalue weighted by Crippen LogP contribution is -1.97. The number of fused-ring (bicyclic) bond motifs is 1. The van der Waals surface area contributed by atoms with Crippen LogP contribution in [0.4, 0.5) is 0 Å². The van der Waals surface area contributed by atoms with Crippen LogP contribution >= 0.6 is 0 Å². The van der Waals surface area contributed by atoms with E-state index in [0.717, 1.165) is 0 Å². The van der Waals surface area contributed by atoms with Crippen LogP contribution in [0.15, 0.2) is 47.5 Å². The van der Waals surface area contributed by atoms with E-state index in [4.69, 9.17) is 4.55 Å². The number of aromatic amines is 1. The highest BCUT2D eigenvalue weighted by atomic mass is 32.2. The summed E-state index contributed by atoms with van der Waals surface area (Å²) >= 11 is 0. The maximum absolute atomic E-state index is 11.1. The van der Waals surface area contributed by atoms with Gasteiger partial charge in [0, 0.05) is 6.20 Å². The Hall–Kier alpha value is -2.25. The van der Waals surface area contributed by atoms with Crippen molar-refractivity contribution in [1.82, 2.24) is 15.0 Å². The smallest absolute Gasteiger partial charge is 0.294 e. The first-order valence-corrected chi connectivity index (χ1v) is 6.87. The van der Waals surface area contributed by atoms with Crippen LogP contribution in [-0.4, -0.2) is 27.9 Å². The van der Waals surface area contributed by atoms with Crippen LogP contribution in [0.5, 0.6) is 0 Å². The van der Waals surface area contributed by atoms with Crippen molar-refractivity contribution in [3.8, 4) is 11.5 Å². The number of H-pyrrole nitrogens is 1. The van der Waals surface area contributed by atoms with Crippen molar-refractivity contribution in [1.29, 1.82) is 0 Å². The van der Waals surface area contributed by atoms with Crippen molar-refractivity contribution < 1.29 is 13.0 Å². The lowest BCUT2D eigenvalue weighted by molar-refractivity contribution is 0.483. The molecule has 0 spiro atoms. The SMILES string of the molecule is O=S(=O)(O)c1ccc2nc(-c3ccccn3)[nH]c2c1. The van der Waals surface area contributed by atoms with Crippen molar-refractivity contribution in [3.63, 3.8) is 0 Å². The highest BCUT2D eigenvalue weighted by Crippen LogP contribution is 2.21. The largest absolute Gasteiger partial charge is 0.337 e. The summed E-state index contributed by atoms with van der Waals surface area (Å²) in [6.45, 7) is 0. The van der Waals surface area contributed by atoms with Gasteiger partial charge in [0.2, 0.25) is 0 Å². The second-order valence-electron chi connectivity index (χ2n) is 3.95. The second kappa shape index (κ2) is 4.15. The quantitative estimate of drug-likeness (QED) is 0.696. The van der Waals surface area contributed by atoms with E-state index in [1.54, 1.807) is 18.3 Å². The summed E-state index contributed by atoms with van der Waals surface area (Å²) in [7, 11) is -4.21. The number of benzene rings is 1. The van der Waals surface area contributed by atoms with Crippen LogP contribution in [0.1, 0.15) is 0 Å². The monoisotopic (exact) mass is 275 g/mol. The minimum atomic E-state index is -4.21.